The van der Waals surface area contributed by atoms with E-state index in [1.165, 1.54) is 30.9 Å². The predicted octanol–water partition coefficient (Wildman–Crippen LogP) is 12.0. The first-order chi connectivity index (χ1) is 26.5. The molecule has 0 spiro atoms. The molecule has 5 heteroatoms. The topological polar surface area (TPSA) is 43.6 Å². The number of benzene rings is 7. The molecule has 10 rings (SSSR count). The molecule has 0 aliphatic heterocycles. The molecule has 0 amide bonds. The van der Waals surface area contributed by atoms with Crippen molar-refractivity contribution in [3.63, 3.8) is 0 Å². The van der Waals surface area contributed by atoms with Crippen LogP contribution in [0, 0.1) is 0 Å². The Morgan fingerprint density at radius 3 is 1.78 bits per heavy atom. The van der Waals surface area contributed by atoms with Gasteiger partial charge in [-0.05, 0) is 47.5 Å². The van der Waals surface area contributed by atoms with Crippen molar-refractivity contribution in [2.24, 2.45) is 0 Å². The van der Waals surface area contributed by atoms with E-state index >= 15 is 0 Å². The zero-order valence-corrected chi connectivity index (χ0v) is 27.4. The van der Waals surface area contributed by atoms with Gasteiger partial charge in [0.15, 0.2) is 17.5 Å². The molecule has 0 unspecified atom stereocenters. The molecule has 0 bridgehead atoms. The molecule has 10 aromatic rings. The van der Waals surface area contributed by atoms with Crippen molar-refractivity contribution in [2.45, 2.75) is 0 Å². The molecule has 234 valence electrons. The van der Waals surface area contributed by atoms with Crippen LogP contribution in [0.2, 0.25) is 0 Å². The number of para-hydroxylation sites is 1. The Hall–Kier alpha value is -6.43. The Bertz CT molecular complexity index is 3030. The second kappa shape index (κ2) is 11.6. The number of aromatic nitrogens is 4. The molecule has 0 radical (unpaired) electrons. The first-order valence-electron chi connectivity index (χ1n) is 18.4. The quantitative estimate of drug-likeness (QED) is 0.184. The maximum absolute atomic E-state index is 9.45. The van der Waals surface area contributed by atoms with Crippen LogP contribution in [-0.2, 0) is 0 Å². The molecule has 7 aromatic carbocycles. The lowest BCUT2D eigenvalue weighted by molar-refractivity contribution is 1.07. The van der Waals surface area contributed by atoms with E-state index in [1.54, 1.807) is 0 Å². The largest absolute Gasteiger partial charge is 0.309 e. The van der Waals surface area contributed by atoms with Crippen molar-refractivity contribution in [1.29, 1.82) is 0 Å². The minimum absolute atomic E-state index is 0.0815. The molecule has 0 aliphatic carbocycles. The Balaban J connectivity index is 1.14. The molecule has 50 heavy (non-hydrogen) atoms. The summed E-state index contributed by atoms with van der Waals surface area (Å²) in [5.74, 6) is 0.899. The molecule has 0 saturated carbocycles. The van der Waals surface area contributed by atoms with Crippen LogP contribution in [-0.4, -0.2) is 19.5 Å². The van der Waals surface area contributed by atoms with Crippen molar-refractivity contribution in [3.05, 3.63) is 170 Å². The lowest BCUT2D eigenvalue weighted by atomic mass is 10.0. The lowest BCUT2D eigenvalue weighted by Crippen LogP contribution is -2.00. The van der Waals surface area contributed by atoms with E-state index in [0.29, 0.717) is 17.2 Å². The number of thiophene rings is 1. The zero-order valence-electron chi connectivity index (χ0n) is 30.6. The number of hydrogen-bond donors (Lipinski definition) is 0. The number of rotatable bonds is 5. The summed E-state index contributed by atoms with van der Waals surface area (Å²) >= 11 is 1.82. The highest BCUT2D eigenvalue weighted by atomic mass is 32.1. The highest BCUT2D eigenvalue weighted by Crippen LogP contribution is 2.43. The summed E-state index contributed by atoms with van der Waals surface area (Å²) in [6.45, 7) is 0. The van der Waals surface area contributed by atoms with Crippen LogP contribution >= 0.6 is 11.3 Å². The minimum atomic E-state index is -0.294. The van der Waals surface area contributed by atoms with E-state index in [-0.39, 0.29) is 41.1 Å². The average molecular weight is 661 g/mol. The molecule has 3 aromatic heterocycles. The summed E-state index contributed by atoms with van der Waals surface area (Å²) in [6, 6.07) is 47.4. The van der Waals surface area contributed by atoms with E-state index in [9.17, 15) is 1.37 Å². The summed E-state index contributed by atoms with van der Waals surface area (Å²) < 4.78 is 41.0. The van der Waals surface area contributed by atoms with Crippen LogP contribution in [0.1, 0.15) is 5.48 Å². The van der Waals surface area contributed by atoms with Gasteiger partial charge in [-0.25, -0.2) is 15.0 Å². The average Bonchev–Trinajstić information content (AvgIpc) is 3.77. The van der Waals surface area contributed by atoms with Crippen LogP contribution in [0.25, 0.3) is 93.0 Å². The summed E-state index contributed by atoms with van der Waals surface area (Å²) in [6.07, 6.45) is 0. The highest BCUT2D eigenvalue weighted by molar-refractivity contribution is 7.26. The smallest absolute Gasteiger partial charge is 0.164 e. The maximum atomic E-state index is 9.45. The first kappa shape index (κ1) is 24.7. The van der Waals surface area contributed by atoms with E-state index in [4.69, 9.17) is 19.1 Å². The van der Waals surface area contributed by atoms with E-state index < -0.39 is 0 Å². The lowest BCUT2D eigenvalue weighted by Gasteiger charge is -2.11. The van der Waals surface area contributed by atoms with Gasteiger partial charge in [-0.2, -0.15) is 0 Å². The van der Waals surface area contributed by atoms with Crippen LogP contribution in [0.15, 0.2) is 170 Å². The van der Waals surface area contributed by atoms with Crippen molar-refractivity contribution >= 4 is 53.3 Å². The van der Waals surface area contributed by atoms with E-state index in [0.717, 1.165) is 27.8 Å². The van der Waals surface area contributed by atoms with Gasteiger partial charge < -0.3 is 4.57 Å². The van der Waals surface area contributed by atoms with Gasteiger partial charge in [0.25, 0.3) is 0 Å². The standard InChI is InChI=1S/C45H28N4S/c1-3-12-30(13-4-1)43-46-44(31-14-5-2-6-15-31)48-45(47-43)33-17-11-16-32(28-33)29-22-24-34(25-23-29)49-38-20-9-7-19-37(38)41-39(49)27-26-36-35-18-8-10-21-40(35)50-42(36)41/h1-28H/i11D,16D,17D,28D. The summed E-state index contributed by atoms with van der Waals surface area (Å²) in [7, 11) is 0. The molecule has 0 aliphatic rings. The first-order valence-corrected chi connectivity index (χ1v) is 17.2. The Morgan fingerprint density at radius 1 is 0.460 bits per heavy atom. The van der Waals surface area contributed by atoms with E-state index in [2.05, 4.69) is 65.2 Å². The fraction of sp³-hybridized carbons (Fsp3) is 0. The van der Waals surface area contributed by atoms with Gasteiger partial charge in [0.2, 0.25) is 0 Å². The third-order valence-electron chi connectivity index (χ3n) is 9.14. The Labute approximate surface area is 298 Å². The number of fused-ring (bicyclic) bond motifs is 7. The maximum Gasteiger partial charge on any atom is 0.164 e. The summed E-state index contributed by atoms with van der Waals surface area (Å²) in [5.41, 5.74) is 5.55. The molecular formula is C45H28N4S. The molecule has 4 nitrogen and oxygen atoms in total. The molecule has 3 heterocycles. The summed E-state index contributed by atoms with van der Waals surface area (Å²) in [4.78, 5) is 14.3. The van der Waals surface area contributed by atoms with Gasteiger partial charge in [0, 0.05) is 53.3 Å². The van der Waals surface area contributed by atoms with Gasteiger partial charge in [-0.15, -0.1) is 11.3 Å². The highest BCUT2D eigenvalue weighted by Gasteiger charge is 2.18. The van der Waals surface area contributed by atoms with Crippen LogP contribution in [0.4, 0.5) is 0 Å². The van der Waals surface area contributed by atoms with Gasteiger partial charge in [-0.3, -0.25) is 0 Å². The van der Waals surface area contributed by atoms with Crippen molar-refractivity contribution < 1.29 is 5.48 Å². The molecule has 0 saturated heterocycles. The normalized spacial score (nSPS) is 12.7. The number of nitrogens with zero attached hydrogens (tertiary/aromatic N) is 4. The minimum Gasteiger partial charge on any atom is -0.309 e. The fourth-order valence-corrected chi connectivity index (χ4v) is 8.07. The summed E-state index contributed by atoms with van der Waals surface area (Å²) in [5, 5.41) is 4.89. The van der Waals surface area contributed by atoms with Crippen molar-refractivity contribution in [3.8, 4) is 51.0 Å². The van der Waals surface area contributed by atoms with Gasteiger partial charge in [0.05, 0.1) is 16.5 Å². The SMILES string of the molecule is [2H]c1c([2H])c(-c2ccc(-n3c4ccccc4c4c5sc6ccccc6c5ccc43)cc2)c([2H])c(-c2nc(-c3ccccc3)nc(-c3ccccc3)n2)c1[2H]. The van der Waals surface area contributed by atoms with Gasteiger partial charge >= 0.3 is 0 Å². The number of hydrogen-bond acceptors (Lipinski definition) is 4. The molecular weight excluding hydrogens is 629 g/mol. The van der Waals surface area contributed by atoms with Gasteiger partial charge in [0.1, 0.15) is 0 Å². The predicted molar refractivity (Wildman–Crippen MR) is 209 cm³/mol. The molecule has 0 fully saturated rings. The van der Waals surface area contributed by atoms with Gasteiger partial charge in [-0.1, -0.05) is 133 Å². The van der Waals surface area contributed by atoms with Crippen LogP contribution in [0.3, 0.4) is 0 Å². The molecule has 0 atom stereocenters. The van der Waals surface area contributed by atoms with Crippen LogP contribution in [0.5, 0.6) is 0 Å². The van der Waals surface area contributed by atoms with E-state index in [1.807, 2.05) is 96.3 Å². The second-order valence-corrected chi connectivity index (χ2v) is 13.2. The Morgan fingerprint density at radius 2 is 1.06 bits per heavy atom. The third kappa shape index (κ3) is 4.71. The van der Waals surface area contributed by atoms with Crippen molar-refractivity contribution in [2.75, 3.05) is 0 Å². The fourth-order valence-electron chi connectivity index (χ4n) is 6.81. The van der Waals surface area contributed by atoms with Crippen molar-refractivity contribution in [1.82, 2.24) is 19.5 Å². The monoisotopic (exact) mass is 660 g/mol. The second-order valence-electron chi connectivity index (χ2n) is 12.1. The zero-order chi connectivity index (χ0) is 36.5. The Kier molecular flexibility index (Phi) is 5.73. The third-order valence-corrected chi connectivity index (χ3v) is 10.3. The van der Waals surface area contributed by atoms with Crippen LogP contribution < -0.4 is 0 Å². The molecule has 0 N–H and O–H groups in total.